The van der Waals surface area contributed by atoms with Crippen LogP contribution in [0, 0.1) is 17.1 Å². The number of benzene rings is 1. The summed E-state index contributed by atoms with van der Waals surface area (Å²) in [6.07, 6.45) is 6.68. The highest BCUT2D eigenvalue weighted by atomic mass is 32.2. The Morgan fingerprint density at radius 3 is 2.54 bits per heavy atom. The summed E-state index contributed by atoms with van der Waals surface area (Å²) in [6.45, 7) is 8.02. The molecule has 3 heterocycles. The lowest BCUT2D eigenvalue weighted by atomic mass is 9.93. The van der Waals surface area contributed by atoms with E-state index in [1.165, 1.54) is 12.8 Å². The maximum absolute atomic E-state index is 13.6. The number of carbonyl (C=O) groups is 1. The molecule has 2 N–H and O–H groups in total. The number of piperidine rings is 1. The molecule has 9 heteroatoms. The molecule has 2 aromatic rings. The Kier molecular flexibility index (Phi) is 6.18. The van der Waals surface area contributed by atoms with E-state index in [1.54, 1.807) is 12.1 Å². The van der Waals surface area contributed by atoms with E-state index in [2.05, 4.69) is 22.0 Å². The van der Waals surface area contributed by atoms with Crippen molar-refractivity contribution in [3.63, 3.8) is 0 Å². The molecule has 1 unspecified atom stereocenters. The maximum atomic E-state index is 13.6. The first-order valence-corrected chi connectivity index (χ1v) is 15.2. The lowest BCUT2D eigenvalue weighted by molar-refractivity contribution is 0.0529. The highest BCUT2D eigenvalue weighted by Crippen LogP contribution is 2.54. The van der Waals surface area contributed by atoms with Crippen LogP contribution in [0.4, 0.5) is 17.3 Å². The molecule has 1 aromatic heterocycles. The molecule has 1 aromatic carbocycles. The van der Waals surface area contributed by atoms with Gasteiger partial charge in [0.05, 0.1) is 33.7 Å². The Hall–Kier alpha value is -2.65. The quantitative estimate of drug-likeness (QED) is 0.564. The van der Waals surface area contributed by atoms with Gasteiger partial charge in [-0.05, 0) is 93.7 Å². The SMILES string of the molecule is Cc1cc(NC(=O)c2ccc(S(=N)(=O)C3CC3)cc2N2CCC3(CC2)CC3)nc(N2CCO[C@H](C)C2)c1. The molecular weight excluding hydrogens is 486 g/mol. The number of hydrogen-bond acceptors (Lipinski definition) is 7. The Labute approximate surface area is 219 Å². The van der Waals surface area contributed by atoms with Crippen molar-refractivity contribution in [2.24, 2.45) is 5.41 Å². The Morgan fingerprint density at radius 1 is 1.11 bits per heavy atom. The standard InChI is InChI=1S/C28H37N5O3S/c1-19-15-25(30-26(16-19)33-13-14-36-20(2)18-33)31-27(34)23-6-5-22(37(29,35)21-3-4-21)17-24(23)32-11-9-28(7-8-28)10-12-32/h5-6,15-17,20-21,29H,3-4,7-14,18H2,1-2H3,(H,30,31,34)/t20-,37?/m1/s1. The van der Waals surface area contributed by atoms with Crippen LogP contribution in [0.2, 0.25) is 0 Å². The minimum atomic E-state index is -2.85. The highest BCUT2D eigenvalue weighted by Gasteiger charge is 2.45. The van der Waals surface area contributed by atoms with Crippen molar-refractivity contribution >= 4 is 33.0 Å². The molecule has 2 aliphatic carbocycles. The Bertz CT molecular complexity index is 1310. The molecular formula is C28H37N5O3S. The number of anilines is 3. The van der Waals surface area contributed by atoms with Crippen molar-refractivity contribution in [3.8, 4) is 0 Å². The van der Waals surface area contributed by atoms with Crippen LogP contribution in [0.3, 0.4) is 0 Å². The van der Waals surface area contributed by atoms with Crippen molar-refractivity contribution in [2.75, 3.05) is 47.9 Å². The third-order valence-corrected chi connectivity index (χ3v) is 10.8. The predicted molar refractivity (Wildman–Crippen MR) is 146 cm³/mol. The molecule has 37 heavy (non-hydrogen) atoms. The van der Waals surface area contributed by atoms with E-state index in [-0.39, 0.29) is 17.3 Å². The normalized spacial score (nSPS) is 24.5. The van der Waals surface area contributed by atoms with Gasteiger partial charge in [-0.25, -0.2) is 14.0 Å². The molecule has 4 fully saturated rings. The number of ether oxygens (including phenoxy) is 1. The average molecular weight is 524 g/mol. The van der Waals surface area contributed by atoms with E-state index in [4.69, 9.17) is 14.5 Å². The van der Waals surface area contributed by atoms with Gasteiger partial charge >= 0.3 is 0 Å². The monoisotopic (exact) mass is 523 g/mol. The zero-order chi connectivity index (χ0) is 25.8. The molecule has 2 saturated carbocycles. The van der Waals surface area contributed by atoms with E-state index >= 15 is 0 Å². The van der Waals surface area contributed by atoms with Gasteiger partial charge < -0.3 is 19.9 Å². The fourth-order valence-electron chi connectivity index (χ4n) is 5.73. The number of carbonyl (C=O) groups excluding carboxylic acids is 1. The number of hydrogen-bond donors (Lipinski definition) is 2. The number of aryl methyl sites for hydroxylation is 1. The molecule has 6 rings (SSSR count). The third kappa shape index (κ3) is 5.08. The fraction of sp³-hybridized carbons (Fsp3) is 0.571. The first kappa shape index (κ1) is 24.7. The van der Waals surface area contributed by atoms with Gasteiger partial charge in [0.25, 0.3) is 5.91 Å². The van der Waals surface area contributed by atoms with E-state index in [0.717, 1.165) is 68.9 Å². The second kappa shape index (κ2) is 9.27. The molecule has 8 nitrogen and oxygen atoms in total. The molecule has 1 spiro atoms. The van der Waals surface area contributed by atoms with Crippen LogP contribution in [0.15, 0.2) is 35.2 Å². The largest absolute Gasteiger partial charge is 0.375 e. The number of morpholine rings is 1. The number of amides is 1. The summed E-state index contributed by atoms with van der Waals surface area (Å²) in [5.41, 5.74) is 2.87. The number of aromatic nitrogens is 1. The molecule has 2 saturated heterocycles. The van der Waals surface area contributed by atoms with E-state index in [1.807, 2.05) is 25.1 Å². The van der Waals surface area contributed by atoms with Crippen molar-refractivity contribution < 1.29 is 13.7 Å². The van der Waals surface area contributed by atoms with Gasteiger partial charge in [-0.15, -0.1) is 0 Å². The number of rotatable bonds is 6. The summed E-state index contributed by atoms with van der Waals surface area (Å²) in [5, 5.41) is 2.98. The summed E-state index contributed by atoms with van der Waals surface area (Å²) in [6, 6.07) is 9.28. The number of nitrogens with zero attached hydrogens (tertiary/aromatic N) is 3. The number of pyridine rings is 1. The predicted octanol–water partition coefficient (Wildman–Crippen LogP) is 4.82. The number of nitrogens with one attached hydrogen (secondary N) is 2. The first-order valence-electron chi connectivity index (χ1n) is 13.6. The van der Waals surface area contributed by atoms with Gasteiger partial charge in [0.15, 0.2) is 0 Å². The summed E-state index contributed by atoms with van der Waals surface area (Å²) in [5.74, 6) is 1.13. The second-order valence-electron chi connectivity index (χ2n) is 11.4. The molecule has 4 aliphatic rings. The van der Waals surface area contributed by atoms with Gasteiger partial charge in [0, 0.05) is 36.3 Å². The topological polar surface area (TPSA) is 98.6 Å². The molecule has 2 atom stereocenters. The van der Waals surface area contributed by atoms with Crippen LogP contribution in [0.25, 0.3) is 0 Å². The molecule has 1 amide bonds. The molecule has 0 bridgehead atoms. The second-order valence-corrected chi connectivity index (χ2v) is 13.8. The molecule has 0 radical (unpaired) electrons. The van der Waals surface area contributed by atoms with Crippen molar-refractivity contribution in [1.29, 1.82) is 4.78 Å². The van der Waals surface area contributed by atoms with Crippen molar-refractivity contribution in [3.05, 3.63) is 41.5 Å². The van der Waals surface area contributed by atoms with E-state index in [9.17, 15) is 9.00 Å². The smallest absolute Gasteiger partial charge is 0.258 e. The zero-order valence-electron chi connectivity index (χ0n) is 21.8. The maximum Gasteiger partial charge on any atom is 0.258 e. The highest BCUT2D eigenvalue weighted by molar-refractivity contribution is 7.93. The third-order valence-electron chi connectivity index (χ3n) is 8.44. The van der Waals surface area contributed by atoms with Gasteiger partial charge in [0.2, 0.25) is 0 Å². The van der Waals surface area contributed by atoms with Crippen LogP contribution < -0.4 is 15.1 Å². The minimum Gasteiger partial charge on any atom is -0.375 e. The van der Waals surface area contributed by atoms with E-state index in [0.29, 0.717) is 28.3 Å². The van der Waals surface area contributed by atoms with Crippen LogP contribution in [0.5, 0.6) is 0 Å². The summed E-state index contributed by atoms with van der Waals surface area (Å²) < 4.78 is 27.5. The average Bonchev–Trinajstić information content (AvgIpc) is 3.80. The molecule has 2 aliphatic heterocycles. The van der Waals surface area contributed by atoms with Crippen LogP contribution in [-0.4, -0.2) is 59.2 Å². The first-order chi connectivity index (χ1) is 17.7. The fourth-order valence-corrected chi connectivity index (χ4v) is 7.47. The van der Waals surface area contributed by atoms with Gasteiger partial charge in [0.1, 0.15) is 11.6 Å². The van der Waals surface area contributed by atoms with E-state index < -0.39 is 9.73 Å². The summed E-state index contributed by atoms with van der Waals surface area (Å²) in [7, 11) is -2.85. The van der Waals surface area contributed by atoms with Crippen LogP contribution >= 0.6 is 0 Å². The lowest BCUT2D eigenvalue weighted by Crippen LogP contribution is -2.41. The molecule has 198 valence electrons. The van der Waals surface area contributed by atoms with Gasteiger partial charge in [-0.2, -0.15) is 0 Å². The van der Waals surface area contributed by atoms with Crippen LogP contribution in [0.1, 0.15) is 61.4 Å². The van der Waals surface area contributed by atoms with Crippen molar-refractivity contribution in [1.82, 2.24) is 4.98 Å². The Morgan fingerprint density at radius 2 is 1.86 bits per heavy atom. The van der Waals surface area contributed by atoms with Crippen LogP contribution in [-0.2, 0) is 14.5 Å². The lowest BCUT2D eigenvalue weighted by Gasteiger charge is -2.35. The Balaban J connectivity index is 1.29. The minimum absolute atomic E-state index is 0.0612. The summed E-state index contributed by atoms with van der Waals surface area (Å²) in [4.78, 5) is 23.4. The van der Waals surface area contributed by atoms with Crippen molar-refractivity contribution in [2.45, 2.75) is 68.6 Å². The van der Waals surface area contributed by atoms with Gasteiger partial charge in [-0.3, -0.25) is 4.79 Å². The van der Waals surface area contributed by atoms with Gasteiger partial charge in [-0.1, -0.05) is 0 Å². The zero-order valence-corrected chi connectivity index (χ0v) is 22.6. The summed E-state index contributed by atoms with van der Waals surface area (Å²) >= 11 is 0.